The van der Waals surface area contributed by atoms with Crippen molar-refractivity contribution >= 4 is 33.3 Å². The van der Waals surface area contributed by atoms with E-state index in [0.717, 1.165) is 41.9 Å². The average Bonchev–Trinajstić information content (AvgIpc) is 2.62. The summed E-state index contributed by atoms with van der Waals surface area (Å²) in [6, 6.07) is 15.7. The zero-order chi connectivity index (χ0) is 17.6. The Kier molecular flexibility index (Phi) is 5.94. The third kappa shape index (κ3) is 4.96. The van der Waals surface area contributed by atoms with Crippen molar-refractivity contribution in [2.24, 2.45) is 0 Å². The van der Waals surface area contributed by atoms with Gasteiger partial charge in [-0.3, -0.25) is 0 Å². The molecule has 2 aromatic rings. The smallest absolute Gasteiger partial charge is 0.319 e. The summed E-state index contributed by atoms with van der Waals surface area (Å²) in [6.07, 6.45) is 0. The van der Waals surface area contributed by atoms with Gasteiger partial charge in [0.1, 0.15) is 0 Å². The number of likely N-dealkylation sites (N-methyl/N-ethyl adjacent to an activating group) is 1. The van der Waals surface area contributed by atoms with E-state index in [0.29, 0.717) is 6.54 Å². The van der Waals surface area contributed by atoms with Gasteiger partial charge >= 0.3 is 6.03 Å². The summed E-state index contributed by atoms with van der Waals surface area (Å²) in [4.78, 5) is 16.8. The number of hydrogen-bond donors (Lipinski definition) is 2. The van der Waals surface area contributed by atoms with Gasteiger partial charge in [0, 0.05) is 48.6 Å². The number of rotatable bonds is 4. The van der Waals surface area contributed by atoms with Crippen LogP contribution in [0.1, 0.15) is 5.56 Å². The number of anilines is 2. The normalized spacial score (nSPS) is 15.0. The number of nitrogens with zero attached hydrogens (tertiary/aromatic N) is 2. The first kappa shape index (κ1) is 17.8. The van der Waals surface area contributed by atoms with E-state index in [1.165, 1.54) is 5.69 Å². The van der Waals surface area contributed by atoms with Crippen molar-refractivity contribution in [1.82, 2.24) is 10.2 Å². The largest absolute Gasteiger partial charge is 0.369 e. The molecule has 25 heavy (non-hydrogen) atoms. The van der Waals surface area contributed by atoms with Gasteiger partial charge in [0.05, 0.1) is 0 Å². The number of amides is 2. The van der Waals surface area contributed by atoms with Crippen LogP contribution in [-0.2, 0) is 6.54 Å². The molecule has 1 aliphatic heterocycles. The highest BCUT2D eigenvalue weighted by atomic mass is 79.9. The molecule has 132 valence electrons. The maximum atomic E-state index is 12.1. The Bertz CT molecular complexity index is 712. The minimum atomic E-state index is -0.205. The fraction of sp³-hybridized carbons (Fsp3) is 0.316. The van der Waals surface area contributed by atoms with E-state index in [9.17, 15) is 4.79 Å². The lowest BCUT2D eigenvalue weighted by Crippen LogP contribution is -2.44. The van der Waals surface area contributed by atoms with E-state index in [1.807, 2.05) is 36.4 Å². The van der Waals surface area contributed by atoms with Crippen molar-refractivity contribution in [3.05, 3.63) is 58.6 Å². The lowest BCUT2D eigenvalue weighted by atomic mass is 10.2. The molecule has 0 atom stereocenters. The Balaban J connectivity index is 1.51. The molecule has 2 N–H and O–H groups in total. The molecule has 1 fully saturated rings. The van der Waals surface area contributed by atoms with E-state index in [1.54, 1.807) is 0 Å². The van der Waals surface area contributed by atoms with Gasteiger partial charge < -0.3 is 20.4 Å². The van der Waals surface area contributed by atoms with Crippen LogP contribution in [0.25, 0.3) is 0 Å². The standard InChI is InChI=1S/C19H23BrN4O/c1-23-10-12-24(13-11-23)17-8-6-16(7-9-17)22-19(25)21-14-15-4-2-3-5-18(15)20/h2-9H,10-14H2,1H3,(H2,21,22,25). The fourth-order valence-electron chi connectivity index (χ4n) is 2.81. The van der Waals surface area contributed by atoms with Crippen LogP contribution in [-0.4, -0.2) is 44.2 Å². The van der Waals surface area contributed by atoms with E-state index in [-0.39, 0.29) is 6.03 Å². The van der Waals surface area contributed by atoms with Crippen LogP contribution < -0.4 is 15.5 Å². The Hall–Kier alpha value is -2.05. The molecular formula is C19H23BrN4O. The minimum absolute atomic E-state index is 0.205. The molecule has 0 bridgehead atoms. The van der Waals surface area contributed by atoms with Crippen LogP contribution in [0.15, 0.2) is 53.0 Å². The molecule has 0 unspecified atom stereocenters. The third-order valence-electron chi connectivity index (χ3n) is 4.39. The predicted molar refractivity (Wildman–Crippen MR) is 106 cm³/mol. The molecule has 0 aliphatic carbocycles. The highest BCUT2D eigenvalue weighted by molar-refractivity contribution is 9.10. The van der Waals surface area contributed by atoms with Crippen LogP contribution in [0.2, 0.25) is 0 Å². The number of benzene rings is 2. The summed E-state index contributed by atoms with van der Waals surface area (Å²) < 4.78 is 0.992. The molecule has 6 heteroatoms. The van der Waals surface area contributed by atoms with Gasteiger partial charge in [0.25, 0.3) is 0 Å². The Morgan fingerprint density at radius 2 is 1.72 bits per heavy atom. The number of halogens is 1. The third-order valence-corrected chi connectivity index (χ3v) is 5.16. The second-order valence-electron chi connectivity index (χ2n) is 6.24. The summed E-state index contributed by atoms with van der Waals surface area (Å²) >= 11 is 3.48. The maximum absolute atomic E-state index is 12.1. The Morgan fingerprint density at radius 3 is 2.40 bits per heavy atom. The molecular weight excluding hydrogens is 380 g/mol. The van der Waals surface area contributed by atoms with Gasteiger partial charge in [-0.2, -0.15) is 0 Å². The highest BCUT2D eigenvalue weighted by Crippen LogP contribution is 2.19. The molecule has 1 heterocycles. The van der Waals surface area contributed by atoms with Gasteiger partial charge in [0.2, 0.25) is 0 Å². The van der Waals surface area contributed by atoms with Crippen molar-refractivity contribution in [2.75, 3.05) is 43.4 Å². The van der Waals surface area contributed by atoms with E-state index in [4.69, 9.17) is 0 Å². The highest BCUT2D eigenvalue weighted by Gasteiger charge is 2.14. The molecule has 1 saturated heterocycles. The van der Waals surface area contributed by atoms with Crippen LogP contribution in [0.4, 0.5) is 16.2 Å². The minimum Gasteiger partial charge on any atom is -0.369 e. The van der Waals surface area contributed by atoms with Gasteiger partial charge in [-0.1, -0.05) is 34.1 Å². The molecule has 0 saturated carbocycles. The molecule has 3 rings (SSSR count). The monoisotopic (exact) mass is 402 g/mol. The quantitative estimate of drug-likeness (QED) is 0.822. The molecule has 5 nitrogen and oxygen atoms in total. The van der Waals surface area contributed by atoms with Crippen LogP contribution in [0, 0.1) is 0 Å². The SMILES string of the molecule is CN1CCN(c2ccc(NC(=O)NCc3ccccc3Br)cc2)CC1. The zero-order valence-electron chi connectivity index (χ0n) is 14.3. The fourth-order valence-corrected chi connectivity index (χ4v) is 3.24. The molecule has 0 aromatic heterocycles. The number of nitrogens with one attached hydrogen (secondary N) is 2. The maximum Gasteiger partial charge on any atom is 0.319 e. The van der Waals surface area contributed by atoms with Gasteiger partial charge in [-0.25, -0.2) is 4.79 Å². The number of carbonyl (C=O) groups excluding carboxylic acids is 1. The molecule has 2 aromatic carbocycles. The van der Waals surface area contributed by atoms with E-state index < -0.39 is 0 Å². The lowest BCUT2D eigenvalue weighted by molar-refractivity contribution is 0.251. The van der Waals surface area contributed by atoms with E-state index in [2.05, 4.69) is 55.5 Å². The van der Waals surface area contributed by atoms with Crippen molar-refractivity contribution in [3.8, 4) is 0 Å². The summed E-state index contributed by atoms with van der Waals surface area (Å²) in [7, 11) is 2.15. The number of carbonyl (C=O) groups is 1. The first-order valence-electron chi connectivity index (χ1n) is 8.43. The van der Waals surface area contributed by atoms with Crippen LogP contribution in [0.3, 0.4) is 0 Å². The lowest BCUT2D eigenvalue weighted by Gasteiger charge is -2.34. The zero-order valence-corrected chi connectivity index (χ0v) is 15.9. The van der Waals surface area contributed by atoms with Crippen molar-refractivity contribution in [3.63, 3.8) is 0 Å². The second kappa shape index (κ2) is 8.36. The summed E-state index contributed by atoms with van der Waals surface area (Å²) in [6.45, 7) is 4.72. The number of urea groups is 1. The number of hydrogen-bond acceptors (Lipinski definition) is 3. The number of piperazine rings is 1. The Labute approximate surface area is 157 Å². The molecule has 2 amide bonds. The Morgan fingerprint density at radius 1 is 1.04 bits per heavy atom. The van der Waals surface area contributed by atoms with Crippen molar-refractivity contribution < 1.29 is 4.79 Å². The molecule has 0 radical (unpaired) electrons. The summed E-state index contributed by atoms with van der Waals surface area (Å²) in [5, 5.41) is 5.75. The first-order valence-corrected chi connectivity index (χ1v) is 9.23. The summed E-state index contributed by atoms with van der Waals surface area (Å²) in [5.74, 6) is 0. The van der Waals surface area contributed by atoms with Crippen molar-refractivity contribution in [1.29, 1.82) is 0 Å². The van der Waals surface area contributed by atoms with Crippen LogP contribution >= 0.6 is 15.9 Å². The van der Waals surface area contributed by atoms with Gasteiger partial charge in [-0.15, -0.1) is 0 Å². The summed E-state index contributed by atoms with van der Waals surface area (Å²) in [5.41, 5.74) is 3.04. The second-order valence-corrected chi connectivity index (χ2v) is 7.09. The molecule has 0 spiro atoms. The topological polar surface area (TPSA) is 47.6 Å². The predicted octanol–water partition coefficient (Wildman–Crippen LogP) is 3.52. The van der Waals surface area contributed by atoms with E-state index >= 15 is 0 Å². The van der Waals surface area contributed by atoms with Gasteiger partial charge in [0.15, 0.2) is 0 Å². The van der Waals surface area contributed by atoms with Crippen LogP contribution in [0.5, 0.6) is 0 Å². The van der Waals surface area contributed by atoms with Gasteiger partial charge in [-0.05, 0) is 42.9 Å². The molecule has 1 aliphatic rings. The van der Waals surface area contributed by atoms with Crippen molar-refractivity contribution in [2.45, 2.75) is 6.54 Å². The average molecular weight is 403 g/mol. The first-order chi connectivity index (χ1) is 12.1.